The van der Waals surface area contributed by atoms with E-state index in [1.54, 1.807) is 4.68 Å². The summed E-state index contributed by atoms with van der Waals surface area (Å²) in [5.74, 6) is 0.268. The average molecular weight is 284 g/mol. The summed E-state index contributed by atoms with van der Waals surface area (Å²) >= 11 is 5.92. The first-order chi connectivity index (χ1) is 9.11. The summed E-state index contributed by atoms with van der Waals surface area (Å²) in [6.07, 6.45) is 1.87. The van der Waals surface area contributed by atoms with Crippen molar-refractivity contribution >= 4 is 11.6 Å². The van der Waals surface area contributed by atoms with Crippen LogP contribution >= 0.6 is 11.6 Å². The molecule has 1 unspecified atom stereocenters. The molecule has 0 fully saturated rings. The van der Waals surface area contributed by atoms with Gasteiger partial charge in [-0.3, -0.25) is 4.68 Å². The lowest BCUT2D eigenvalue weighted by atomic mass is 10.1. The quantitative estimate of drug-likeness (QED) is 0.918. The van der Waals surface area contributed by atoms with Gasteiger partial charge in [0.25, 0.3) is 0 Å². The third-order valence-electron chi connectivity index (χ3n) is 2.83. The monoisotopic (exact) mass is 283 g/mol. The minimum Gasteiger partial charge on any atom is -0.388 e. The van der Waals surface area contributed by atoms with E-state index < -0.39 is 11.9 Å². The molecule has 0 amide bonds. The third kappa shape index (κ3) is 3.30. The predicted octanol–water partition coefficient (Wildman–Crippen LogP) is 2.76. The predicted molar refractivity (Wildman–Crippen MR) is 70.4 cm³/mol. The molecule has 2 aromatic rings. The van der Waals surface area contributed by atoms with E-state index >= 15 is 0 Å². The van der Waals surface area contributed by atoms with Crippen molar-refractivity contribution in [1.82, 2.24) is 14.8 Å². The molecule has 0 spiro atoms. The molecule has 0 saturated heterocycles. The SMILES string of the molecule is CCCn1ncnc1CC(O)c1ccc(F)cc1Cl. The minimum atomic E-state index is -0.826. The van der Waals surface area contributed by atoms with Crippen molar-refractivity contribution in [3.05, 3.63) is 46.8 Å². The number of halogens is 2. The second kappa shape index (κ2) is 6.12. The van der Waals surface area contributed by atoms with Gasteiger partial charge in [0, 0.05) is 18.0 Å². The van der Waals surface area contributed by atoms with Crippen molar-refractivity contribution in [3.63, 3.8) is 0 Å². The van der Waals surface area contributed by atoms with E-state index in [0.717, 1.165) is 13.0 Å². The third-order valence-corrected chi connectivity index (χ3v) is 3.16. The lowest BCUT2D eigenvalue weighted by molar-refractivity contribution is 0.174. The summed E-state index contributed by atoms with van der Waals surface area (Å²) in [5, 5.41) is 14.5. The largest absolute Gasteiger partial charge is 0.388 e. The number of aryl methyl sites for hydroxylation is 1. The lowest BCUT2D eigenvalue weighted by Gasteiger charge is -2.13. The van der Waals surface area contributed by atoms with E-state index in [9.17, 15) is 9.50 Å². The molecular formula is C13H15ClFN3O. The molecule has 6 heteroatoms. The second-order valence-corrected chi connectivity index (χ2v) is 4.69. The van der Waals surface area contributed by atoms with Crippen LogP contribution in [0.1, 0.15) is 30.8 Å². The number of aromatic nitrogens is 3. The van der Waals surface area contributed by atoms with Gasteiger partial charge in [0.1, 0.15) is 18.0 Å². The van der Waals surface area contributed by atoms with Gasteiger partial charge in [-0.2, -0.15) is 5.10 Å². The fraction of sp³-hybridized carbons (Fsp3) is 0.385. The maximum absolute atomic E-state index is 13.0. The van der Waals surface area contributed by atoms with Gasteiger partial charge in [-0.15, -0.1) is 0 Å². The molecule has 1 aromatic carbocycles. The van der Waals surface area contributed by atoms with Crippen molar-refractivity contribution in [2.24, 2.45) is 0 Å². The van der Waals surface area contributed by atoms with Gasteiger partial charge in [-0.05, 0) is 24.1 Å². The molecule has 1 heterocycles. The van der Waals surface area contributed by atoms with E-state index in [1.165, 1.54) is 24.5 Å². The molecular weight excluding hydrogens is 269 g/mol. The van der Waals surface area contributed by atoms with E-state index in [1.807, 2.05) is 6.92 Å². The molecule has 2 rings (SSSR count). The summed E-state index contributed by atoms with van der Waals surface area (Å²) in [6.45, 7) is 2.79. The summed E-state index contributed by atoms with van der Waals surface area (Å²) < 4.78 is 14.7. The molecule has 102 valence electrons. The average Bonchev–Trinajstić information content (AvgIpc) is 2.77. The highest BCUT2D eigenvalue weighted by molar-refractivity contribution is 6.31. The molecule has 0 bridgehead atoms. The highest BCUT2D eigenvalue weighted by Crippen LogP contribution is 2.26. The number of nitrogens with zero attached hydrogens (tertiary/aromatic N) is 3. The van der Waals surface area contributed by atoms with Gasteiger partial charge >= 0.3 is 0 Å². The van der Waals surface area contributed by atoms with Crippen molar-refractivity contribution in [2.45, 2.75) is 32.4 Å². The molecule has 0 saturated carbocycles. The number of aliphatic hydroxyl groups excluding tert-OH is 1. The lowest BCUT2D eigenvalue weighted by Crippen LogP contribution is -2.10. The maximum Gasteiger partial charge on any atom is 0.138 e. The van der Waals surface area contributed by atoms with Crippen LogP contribution in [0.25, 0.3) is 0 Å². The van der Waals surface area contributed by atoms with Crippen LogP contribution in [-0.4, -0.2) is 19.9 Å². The van der Waals surface area contributed by atoms with Crippen LogP contribution in [0, 0.1) is 5.82 Å². The van der Waals surface area contributed by atoms with Crippen LogP contribution in [0.5, 0.6) is 0 Å². The molecule has 4 nitrogen and oxygen atoms in total. The summed E-state index contributed by atoms with van der Waals surface area (Å²) in [7, 11) is 0. The first-order valence-electron chi connectivity index (χ1n) is 6.11. The summed E-state index contributed by atoms with van der Waals surface area (Å²) in [4.78, 5) is 4.12. The Hall–Kier alpha value is -1.46. The summed E-state index contributed by atoms with van der Waals surface area (Å²) in [5.41, 5.74) is 0.495. The highest BCUT2D eigenvalue weighted by atomic mass is 35.5. The van der Waals surface area contributed by atoms with Crippen LogP contribution in [0.15, 0.2) is 24.5 Å². The fourth-order valence-corrected chi connectivity index (χ4v) is 2.19. The van der Waals surface area contributed by atoms with Crippen LogP contribution in [0.3, 0.4) is 0 Å². The Balaban J connectivity index is 2.16. The van der Waals surface area contributed by atoms with Gasteiger partial charge < -0.3 is 5.11 Å². The Bertz CT molecular complexity index is 559. The Labute approximate surface area is 115 Å². The molecule has 0 aliphatic carbocycles. The zero-order chi connectivity index (χ0) is 13.8. The Morgan fingerprint density at radius 1 is 1.47 bits per heavy atom. The van der Waals surface area contributed by atoms with Crippen molar-refractivity contribution in [3.8, 4) is 0 Å². The summed E-state index contributed by atoms with van der Waals surface area (Å²) in [6, 6.07) is 3.96. The van der Waals surface area contributed by atoms with E-state index in [4.69, 9.17) is 11.6 Å². The Morgan fingerprint density at radius 3 is 2.95 bits per heavy atom. The minimum absolute atomic E-state index is 0.217. The molecule has 0 aliphatic heterocycles. The zero-order valence-corrected chi connectivity index (χ0v) is 11.3. The van der Waals surface area contributed by atoms with Crippen molar-refractivity contribution < 1.29 is 9.50 Å². The van der Waals surface area contributed by atoms with Crippen LogP contribution in [0.4, 0.5) is 4.39 Å². The molecule has 19 heavy (non-hydrogen) atoms. The van der Waals surface area contributed by atoms with Gasteiger partial charge in [0.2, 0.25) is 0 Å². The Morgan fingerprint density at radius 2 is 2.26 bits per heavy atom. The van der Waals surface area contributed by atoms with Gasteiger partial charge in [0.15, 0.2) is 0 Å². The van der Waals surface area contributed by atoms with Gasteiger partial charge in [-0.25, -0.2) is 9.37 Å². The number of aliphatic hydroxyl groups is 1. The van der Waals surface area contributed by atoms with Crippen LogP contribution < -0.4 is 0 Å². The number of hydrogen-bond donors (Lipinski definition) is 1. The zero-order valence-electron chi connectivity index (χ0n) is 10.6. The first-order valence-corrected chi connectivity index (χ1v) is 6.49. The van der Waals surface area contributed by atoms with E-state index in [-0.39, 0.29) is 5.02 Å². The molecule has 0 aliphatic rings. The highest BCUT2D eigenvalue weighted by Gasteiger charge is 2.16. The molecule has 0 radical (unpaired) electrons. The van der Waals surface area contributed by atoms with E-state index in [2.05, 4.69) is 10.1 Å². The van der Waals surface area contributed by atoms with Gasteiger partial charge in [0.05, 0.1) is 6.10 Å². The topological polar surface area (TPSA) is 50.9 Å². The number of rotatable bonds is 5. The molecule has 1 atom stereocenters. The second-order valence-electron chi connectivity index (χ2n) is 4.29. The first kappa shape index (κ1) is 14.0. The van der Waals surface area contributed by atoms with Crippen LogP contribution in [-0.2, 0) is 13.0 Å². The number of benzene rings is 1. The van der Waals surface area contributed by atoms with E-state index in [0.29, 0.717) is 17.8 Å². The molecule has 1 N–H and O–H groups in total. The van der Waals surface area contributed by atoms with Crippen molar-refractivity contribution in [2.75, 3.05) is 0 Å². The smallest absolute Gasteiger partial charge is 0.138 e. The molecule has 1 aromatic heterocycles. The Kier molecular flexibility index (Phi) is 4.50. The maximum atomic E-state index is 13.0. The van der Waals surface area contributed by atoms with Crippen molar-refractivity contribution in [1.29, 1.82) is 0 Å². The normalized spacial score (nSPS) is 12.6. The van der Waals surface area contributed by atoms with Crippen LogP contribution in [0.2, 0.25) is 5.02 Å². The standard InChI is InChI=1S/C13H15ClFN3O/c1-2-5-18-13(16-8-17-18)7-12(19)10-4-3-9(15)6-11(10)14/h3-4,6,8,12,19H,2,5,7H2,1H3. The number of hydrogen-bond acceptors (Lipinski definition) is 3. The fourth-order valence-electron chi connectivity index (χ4n) is 1.90. The van der Waals surface area contributed by atoms with Gasteiger partial charge in [-0.1, -0.05) is 24.6 Å².